The standard InChI is InChI=1S/C3H6I2O2S2/c1-3(7-9-5)2-6-8-4/h3H,2H2,1H3. The van der Waals surface area contributed by atoms with E-state index in [0.717, 1.165) is 0 Å². The largest absolute Gasteiger partial charge is 0.303 e. The van der Waals surface area contributed by atoms with Crippen LogP contribution >= 0.6 is 60.8 Å². The highest BCUT2D eigenvalue weighted by Crippen LogP contribution is 2.18. The Hall–Kier alpha value is 2.08. The van der Waals surface area contributed by atoms with Gasteiger partial charge in [-0.05, 0) is 6.92 Å². The Bertz CT molecular complexity index is 65.8. The molecule has 0 rings (SSSR count). The second kappa shape index (κ2) is 8.18. The molecular weight excluding hydrogens is 386 g/mol. The van der Waals surface area contributed by atoms with Crippen molar-refractivity contribution in [2.75, 3.05) is 6.61 Å². The second-order valence-electron chi connectivity index (χ2n) is 1.32. The van der Waals surface area contributed by atoms with Gasteiger partial charge in [-0.25, -0.2) is 0 Å². The minimum atomic E-state index is 0.175. The summed E-state index contributed by atoms with van der Waals surface area (Å²) in [5.74, 6) is 0. The van der Waals surface area contributed by atoms with Gasteiger partial charge in [0.15, 0.2) is 0 Å². The van der Waals surface area contributed by atoms with Crippen molar-refractivity contribution in [1.82, 2.24) is 0 Å². The third-order valence-corrected chi connectivity index (χ3v) is 2.56. The fourth-order valence-electron chi connectivity index (χ4n) is 0.211. The van der Waals surface area contributed by atoms with E-state index in [1.54, 1.807) is 0 Å². The van der Waals surface area contributed by atoms with Gasteiger partial charge < -0.3 is 4.18 Å². The Balaban J connectivity index is 2.95. The predicted molar refractivity (Wildman–Crippen MR) is 59.7 cm³/mol. The average molecular weight is 392 g/mol. The van der Waals surface area contributed by atoms with Crippen molar-refractivity contribution < 1.29 is 8.37 Å². The van der Waals surface area contributed by atoms with Crippen molar-refractivity contribution in [1.29, 1.82) is 0 Å². The highest BCUT2D eigenvalue weighted by atomic mass is 127. The summed E-state index contributed by atoms with van der Waals surface area (Å²) in [5.41, 5.74) is 0. The van der Waals surface area contributed by atoms with Gasteiger partial charge in [-0.1, -0.05) is 0 Å². The molecule has 0 fully saturated rings. The van der Waals surface area contributed by atoms with Crippen molar-refractivity contribution in [3.63, 3.8) is 0 Å². The average Bonchev–Trinajstić information content (AvgIpc) is 1.85. The van der Waals surface area contributed by atoms with Crippen LogP contribution in [0.25, 0.3) is 0 Å². The summed E-state index contributed by atoms with van der Waals surface area (Å²) >= 11 is 4.16. The lowest BCUT2D eigenvalue weighted by molar-refractivity contribution is 0.188. The molecule has 9 heavy (non-hydrogen) atoms. The molecule has 0 saturated heterocycles. The van der Waals surface area contributed by atoms with Crippen LogP contribution in [0.1, 0.15) is 6.92 Å². The molecular formula is C3H6I2O2S2. The molecule has 0 spiro atoms. The normalized spacial score (nSPS) is 13.7. The molecule has 0 aromatic carbocycles. The maximum absolute atomic E-state index is 5.11. The summed E-state index contributed by atoms with van der Waals surface area (Å²) in [6.07, 6.45) is 0.175. The van der Waals surface area contributed by atoms with Gasteiger partial charge in [0.05, 0.1) is 31.1 Å². The van der Waals surface area contributed by atoms with Gasteiger partial charge in [0.25, 0.3) is 0 Å². The van der Waals surface area contributed by atoms with Crippen LogP contribution in [0.15, 0.2) is 0 Å². The number of rotatable bonds is 5. The van der Waals surface area contributed by atoms with E-state index in [2.05, 4.69) is 42.4 Å². The Labute approximate surface area is 87.8 Å². The molecule has 0 aliphatic carbocycles. The number of hydrogen-bond donors (Lipinski definition) is 0. The summed E-state index contributed by atoms with van der Waals surface area (Å²) in [6, 6.07) is 0. The van der Waals surface area contributed by atoms with Crippen molar-refractivity contribution in [2.24, 2.45) is 0 Å². The lowest BCUT2D eigenvalue weighted by Crippen LogP contribution is -2.08. The molecule has 0 aromatic heterocycles. The summed E-state index contributed by atoms with van der Waals surface area (Å²) in [6.45, 7) is 2.61. The van der Waals surface area contributed by atoms with Gasteiger partial charge in [0, 0.05) is 42.4 Å². The molecule has 6 heteroatoms. The summed E-state index contributed by atoms with van der Waals surface area (Å²) in [4.78, 5) is 0. The summed E-state index contributed by atoms with van der Waals surface area (Å²) < 4.78 is 10.1. The van der Waals surface area contributed by atoms with Gasteiger partial charge in [-0.3, -0.25) is 4.18 Å². The van der Waals surface area contributed by atoms with Gasteiger partial charge in [0.1, 0.15) is 0 Å². The minimum Gasteiger partial charge on any atom is -0.303 e. The molecule has 0 N–H and O–H groups in total. The van der Waals surface area contributed by atoms with Crippen LogP contribution in [-0.4, -0.2) is 12.7 Å². The Morgan fingerprint density at radius 3 is 2.56 bits per heavy atom. The van der Waals surface area contributed by atoms with Crippen molar-refractivity contribution in [3.8, 4) is 0 Å². The van der Waals surface area contributed by atoms with Crippen molar-refractivity contribution in [2.45, 2.75) is 13.0 Å². The first-order chi connectivity index (χ1) is 4.31. The molecule has 0 heterocycles. The van der Waals surface area contributed by atoms with E-state index in [9.17, 15) is 0 Å². The van der Waals surface area contributed by atoms with E-state index in [4.69, 9.17) is 8.37 Å². The summed E-state index contributed by atoms with van der Waals surface area (Å²) in [7, 11) is 2.67. The van der Waals surface area contributed by atoms with E-state index in [1.165, 1.54) is 18.4 Å². The third-order valence-electron chi connectivity index (χ3n) is 0.548. The Morgan fingerprint density at radius 1 is 1.44 bits per heavy atom. The van der Waals surface area contributed by atoms with E-state index in [1.807, 2.05) is 6.92 Å². The lowest BCUT2D eigenvalue weighted by atomic mass is 10.5. The van der Waals surface area contributed by atoms with Crippen LogP contribution in [0.3, 0.4) is 0 Å². The van der Waals surface area contributed by atoms with Crippen LogP contribution in [0.5, 0.6) is 0 Å². The van der Waals surface area contributed by atoms with Crippen LogP contribution in [0.2, 0.25) is 0 Å². The van der Waals surface area contributed by atoms with E-state index in [-0.39, 0.29) is 6.10 Å². The molecule has 0 aliphatic heterocycles. The van der Waals surface area contributed by atoms with Gasteiger partial charge in [-0.15, -0.1) is 0 Å². The molecule has 1 unspecified atom stereocenters. The molecule has 0 aliphatic rings. The predicted octanol–water partition coefficient (Wildman–Crippen LogP) is 3.40. The molecule has 0 bridgehead atoms. The first-order valence-corrected chi connectivity index (χ1v) is 8.72. The van der Waals surface area contributed by atoms with E-state index >= 15 is 0 Å². The first-order valence-electron chi connectivity index (χ1n) is 2.15. The highest BCUT2D eigenvalue weighted by molar-refractivity contribution is 14.2. The number of hydrogen-bond acceptors (Lipinski definition) is 4. The van der Waals surface area contributed by atoms with E-state index in [0.29, 0.717) is 6.61 Å². The molecule has 0 amide bonds. The zero-order valence-electron chi connectivity index (χ0n) is 4.67. The van der Waals surface area contributed by atoms with Gasteiger partial charge in [-0.2, -0.15) is 0 Å². The van der Waals surface area contributed by atoms with Crippen LogP contribution < -0.4 is 0 Å². The highest BCUT2D eigenvalue weighted by Gasteiger charge is 2.00. The molecule has 0 radical (unpaired) electrons. The van der Waals surface area contributed by atoms with Crippen molar-refractivity contribution >= 4 is 60.8 Å². The Morgan fingerprint density at radius 2 is 2.11 bits per heavy atom. The zero-order chi connectivity index (χ0) is 7.11. The minimum absolute atomic E-state index is 0.175. The molecule has 0 aromatic rings. The first kappa shape index (κ1) is 11.1. The van der Waals surface area contributed by atoms with E-state index < -0.39 is 0 Å². The topological polar surface area (TPSA) is 18.5 Å². The van der Waals surface area contributed by atoms with Crippen LogP contribution in [0, 0.1) is 0 Å². The molecule has 56 valence electrons. The number of halogens is 2. The van der Waals surface area contributed by atoms with Gasteiger partial charge >= 0.3 is 0 Å². The second-order valence-corrected chi connectivity index (χ2v) is 4.15. The van der Waals surface area contributed by atoms with Crippen LogP contribution in [-0.2, 0) is 8.37 Å². The fraction of sp³-hybridized carbons (Fsp3) is 1.00. The zero-order valence-corrected chi connectivity index (χ0v) is 10.6. The Kier molecular flexibility index (Phi) is 10.1. The smallest absolute Gasteiger partial charge is 0.0949 e. The fourth-order valence-corrected chi connectivity index (χ4v) is 2.14. The van der Waals surface area contributed by atoms with Crippen molar-refractivity contribution in [3.05, 3.63) is 0 Å². The maximum Gasteiger partial charge on any atom is 0.0949 e. The molecule has 0 saturated carbocycles. The quantitative estimate of drug-likeness (QED) is 0.528. The van der Waals surface area contributed by atoms with Gasteiger partial charge in [0.2, 0.25) is 0 Å². The lowest BCUT2D eigenvalue weighted by Gasteiger charge is -2.06. The maximum atomic E-state index is 5.11. The monoisotopic (exact) mass is 392 g/mol. The third kappa shape index (κ3) is 7.98. The SMILES string of the molecule is CC(COSI)OSI. The molecule has 2 nitrogen and oxygen atoms in total. The summed E-state index contributed by atoms with van der Waals surface area (Å²) in [5, 5.41) is 0. The van der Waals surface area contributed by atoms with Crippen LogP contribution in [0.4, 0.5) is 0 Å². The molecule has 1 atom stereocenters.